The zero-order chi connectivity index (χ0) is 20.7. The first-order valence-corrected chi connectivity index (χ1v) is 8.24. The Balaban J connectivity index is 1.84. The number of anilines is 1. The van der Waals surface area contributed by atoms with E-state index in [4.69, 9.17) is 5.21 Å². The summed E-state index contributed by atoms with van der Waals surface area (Å²) in [6.45, 7) is 3.64. The molecule has 1 aromatic heterocycles. The topological polar surface area (TPSA) is 94.6 Å². The quantitative estimate of drug-likeness (QED) is 0.537. The third kappa shape index (κ3) is 3.38. The molecule has 10 heteroatoms. The molecule has 1 aliphatic heterocycles. The van der Waals surface area contributed by atoms with E-state index in [1.807, 2.05) is 0 Å². The number of benzene rings is 1. The van der Waals surface area contributed by atoms with E-state index in [0.29, 0.717) is 11.8 Å². The van der Waals surface area contributed by atoms with Crippen molar-refractivity contribution >= 4 is 17.8 Å². The van der Waals surface area contributed by atoms with E-state index in [9.17, 15) is 22.8 Å². The molecule has 0 bridgehead atoms. The number of urea groups is 1. The standard InChI is InChI=1S/C18H17F3N4O3/c1-17(2)13-5-3-4-11(15(26)24-28)12(13)9-25(17)16(27)23-14-7-6-10(8-22-14)18(19,20)21/h3-8,28H,9H2,1-2H3,(H,24,26)(H,22,23,27). The first-order valence-electron chi connectivity index (χ1n) is 8.24. The van der Waals surface area contributed by atoms with E-state index in [1.165, 1.54) is 11.0 Å². The Morgan fingerprint density at radius 3 is 2.50 bits per heavy atom. The molecule has 0 spiro atoms. The first kappa shape index (κ1) is 19.6. The number of nitrogens with one attached hydrogen (secondary N) is 2. The van der Waals surface area contributed by atoms with Crippen LogP contribution in [0.5, 0.6) is 0 Å². The number of carbonyl (C=O) groups excluding carboxylic acids is 2. The van der Waals surface area contributed by atoms with Gasteiger partial charge in [0.2, 0.25) is 0 Å². The van der Waals surface area contributed by atoms with Gasteiger partial charge in [0.15, 0.2) is 0 Å². The number of hydrogen-bond acceptors (Lipinski definition) is 4. The summed E-state index contributed by atoms with van der Waals surface area (Å²) < 4.78 is 37.9. The molecular formula is C18H17F3N4O3. The summed E-state index contributed by atoms with van der Waals surface area (Å²) in [5.74, 6) is -0.725. The first-order chi connectivity index (χ1) is 13.1. The van der Waals surface area contributed by atoms with Crippen molar-refractivity contribution in [2.45, 2.75) is 32.1 Å². The maximum Gasteiger partial charge on any atom is 0.417 e. The van der Waals surface area contributed by atoms with Crippen LogP contribution in [0.4, 0.5) is 23.8 Å². The van der Waals surface area contributed by atoms with Crippen molar-refractivity contribution in [3.8, 4) is 0 Å². The highest BCUT2D eigenvalue weighted by atomic mass is 19.4. The van der Waals surface area contributed by atoms with E-state index >= 15 is 0 Å². The highest BCUT2D eigenvalue weighted by Gasteiger charge is 2.42. The van der Waals surface area contributed by atoms with Gasteiger partial charge in [-0.3, -0.25) is 15.3 Å². The van der Waals surface area contributed by atoms with Crippen molar-refractivity contribution < 1.29 is 28.0 Å². The molecule has 0 unspecified atom stereocenters. The Labute approximate surface area is 158 Å². The van der Waals surface area contributed by atoms with Crippen molar-refractivity contribution in [3.05, 3.63) is 58.8 Å². The average molecular weight is 394 g/mol. The van der Waals surface area contributed by atoms with Crippen LogP contribution in [0, 0.1) is 0 Å². The second-order valence-corrected chi connectivity index (χ2v) is 6.78. The lowest BCUT2D eigenvalue weighted by atomic mass is 9.91. The van der Waals surface area contributed by atoms with Gasteiger partial charge in [0.1, 0.15) is 5.82 Å². The molecule has 0 radical (unpaired) electrons. The number of aromatic nitrogens is 1. The van der Waals surface area contributed by atoms with E-state index < -0.39 is 29.2 Å². The summed E-state index contributed by atoms with van der Waals surface area (Å²) in [4.78, 5) is 29.7. The number of pyridine rings is 1. The van der Waals surface area contributed by atoms with Crippen LogP contribution in [-0.4, -0.2) is 27.0 Å². The van der Waals surface area contributed by atoms with Gasteiger partial charge in [0, 0.05) is 18.3 Å². The Kier molecular flexibility index (Phi) is 4.76. The second-order valence-electron chi connectivity index (χ2n) is 6.78. The average Bonchev–Trinajstić information content (AvgIpc) is 2.92. The molecule has 0 saturated carbocycles. The molecule has 148 valence electrons. The molecule has 3 N–H and O–H groups in total. The molecule has 2 heterocycles. The molecule has 7 nitrogen and oxygen atoms in total. The number of carbonyl (C=O) groups is 2. The van der Waals surface area contributed by atoms with Crippen LogP contribution in [0.2, 0.25) is 0 Å². The zero-order valence-corrected chi connectivity index (χ0v) is 15.0. The van der Waals surface area contributed by atoms with Gasteiger partial charge in [-0.15, -0.1) is 0 Å². The molecule has 2 aromatic rings. The highest BCUT2D eigenvalue weighted by Crippen LogP contribution is 2.40. The van der Waals surface area contributed by atoms with E-state index in [0.717, 1.165) is 17.7 Å². The van der Waals surface area contributed by atoms with Crippen molar-refractivity contribution in [2.24, 2.45) is 0 Å². The minimum absolute atomic E-state index is 0.0296. The monoisotopic (exact) mass is 394 g/mol. The SMILES string of the molecule is CC1(C)c2cccc(C(=O)NO)c2CN1C(=O)Nc1ccc(C(F)(F)F)cn1. The number of hydrogen-bond donors (Lipinski definition) is 3. The van der Waals surface area contributed by atoms with Gasteiger partial charge >= 0.3 is 12.2 Å². The number of nitrogens with zero attached hydrogens (tertiary/aromatic N) is 2. The summed E-state index contributed by atoms with van der Waals surface area (Å²) in [5, 5.41) is 11.4. The fraction of sp³-hybridized carbons (Fsp3) is 0.278. The molecule has 28 heavy (non-hydrogen) atoms. The number of fused-ring (bicyclic) bond motifs is 1. The van der Waals surface area contributed by atoms with Crippen molar-refractivity contribution in [3.63, 3.8) is 0 Å². The van der Waals surface area contributed by atoms with Crippen LogP contribution in [-0.2, 0) is 18.3 Å². The Morgan fingerprint density at radius 2 is 1.93 bits per heavy atom. The summed E-state index contributed by atoms with van der Waals surface area (Å²) in [6, 6.07) is 6.26. The van der Waals surface area contributed by atoms with Gasteiger partial charge in [-0.25, -0.2) is 15.3 Å². The number of amides is 3. The lowest BCUT2D eigenvalue weighted by Gasteiger charge is -2.32. The van der Waals surface area contributed by atoms with Crippen molar-refractivity contribution in [1.82, 2.24) is 15.4 Å². The van der Waals surface area contributed by atoms with Crippen molar-refractivity contribution in [1.29, 1.82) is 0 Å². The normalized spacial score (nSPS) is 15.1. The maximum absolute atomic E-state index is 12.7. The molecule has 1 aromatic carbocycles. The molecule has 0 atom stereocenters. The number of halogens is 3. The third-order valence-corrected chi connectivity index (χ3v) is 4.74. The molecule has 0 saturated heterocycles. The fourth-order valence-electron chi connectivity index (χ4n) is 3.24. The number of rotatable bonds is 2. The molecule has 3 rings (SSSR count). The summed E-state index contributed by atoms with van der Waals surface area (Å²) in [5.41, 5.74) is 1.40. The van der Waals surface area contributed by atoms with E-state index in [1.54, 1.807) is 31.5 Å². The summed E-state index contributed by atoms with van der Waals surface area (Å²) >= 11 is 0. The minimum atomic E-state index is -4.52. The summed E-state index contributed by atoms with van der Waals surface area (Å²) in [7, 11) is 0. The van der Waals surface area contributed by atoms with Crippen molar-refractivity contribution in [2.75, 3.05) is 5.32 Å². The second kappa shape index (κ2) is 6.79. The van der Waals surface area contributed by atoms with Gasteiger partial charge in [0.25, 0.3) is 5.91 Å². The Bertz CT molecular complexity index is 927. The maximum atomic E-state index is 12.7. The number of alkyl halides is 3. The van der Waals surface area contributed by atoms with Crippen LogP contribution < -0.4 is 10.8 Å². The zero-order valence-electron chi connectivity index (χ0n) is 15.0. The molecule has 0 fully saturated rings. The van der Waals surface area contributed by atoms with E-state index in [2.05, 4.69) is 10.3 Å². The lowest BCUT2D eigenvalue weighted by Crippen LogP contribution is -2.42. The number of hydroxylamine groups is 1. The van der Waals surface area contributed by atoms with Gasteiger partial charge in [-0.2, -0.15) is 13.2 Å². The predicted molar refractivity (Wildman–Crippen MR) is 92.5 cm³/mol. The van der Waals surface area contributed by atoms with Gasteiger partial charge in [-0.1, -0.05) is 12.1 Å². The Morgan fingerprint density at radius 1 is 1.21 bits per heavy atom. The molecule has 1 aliphatic rings. The van der Waals surface area contributed by atoms with Crippen LogP contribution in [0.15, 0.2) is 36.5 Å². The van der Waals surface area contributed by atoms with Crippen LogP contribution in [0.1, 0.15) is 40.9 Å². The minimum Gasteiger partial charge on any atom is -0.311 e. The van der Waals surface area contributed by atoms with E-state index in [-0.39, 0.29) is 17.9 Å². The molecule has 0 aliphatic carbocycles. The lowest BCUT2D eigenvalue weighted by molar-refractivity contribution is -0.137. The highest BCUT2D eigenvalue weighted by molar-refractivity contribution is 5.96. The van der Waals surface area contributed by atoms with Gasteiger partial charge in [-0.05, 0) is 43.2 Å². The summed E-state index contributed by atoms with van der Waals surface area (Å²) in [6.07, 6.45) is -3.87. The third-order valence-electron chi connectivity index (χ3n) is 4.74. The molecular weight excluding hydrogens is 377 g/mol. The fourth-order valence-corrected chi connectivity index (χ4v) is 3.24. The van der Waals surface area contributed by atoms with Gasteiger partial charge in [0.05, 0.1) is 11.1 Å². The smallest absolute Gasteiger partial charge is 0.311 e. The predicted octanol–water partition coefficient (Wildman–Crippen LogP) is 3.50. The van der Waals surface area contributed by atoms with Crippen LogP contribution in [0.25, 0.3) is 0 Å². The van der Waals surface area contributed by atoms with Gasteiger partial charge < -0.3 is 4.90 Å². The largest absolute Gasteiger partial charge is 0.417 e. The van der Waals surface area contributed by atoms with Crippen LogP contribution in [0.3, 0.4) is 0 Å². The van der Waals surface area contributed by atoms with Crippen LogP contribution >= 0.6 is 0 Å². The molecule has 3 amide bonds. The Hall–Kier alpha value is -3.14.